The monoisotopic (exact) mass is 390 g/mol. The van der Waals surface area contributed by atoms with Crippen LogP contribution in [-0.2, 0) is 16.3 Å². The highest BCUT2D eigenvalue weighted by molar-refractivity contribution is 7.91. The van der Waals surface area contributed by atoms with E-state index >= 15 is 0 Å². The molecule has 2 aromatic rings. The number of ether oxygens (including phenoxy) is 1. The number of benzene rings is 1. The van der Waals surface area contributed by atoms with E-state index in [0.717, 1.165) is 30.4 Å². The lowest BCUT2D eigenvalue weighted by molar-refractivity contribution is 0.414. The van der Waals surface area contributed by atoms with Gasteiger partial charge in [-0.1, -0.05) is 12.1 Å². The number of aryl methyl sites for hydroxylation is 1. The van der Waals surface area contributed by atoms with E-state index in [2.05, 4.69) is 15.3 Å². The van der Waals surface area contributed by atoms with E-state index in [1.54, 1.807) is 7.11 Å². The van der Waals surface area contributed by atoms with Gasteiger partial charge < -0.3 is 15.0 Å². The van der Waals surface area contributed by atoms with E-state index in [1.807, 2.05) is 49.2 Å². The summed E-state index contributed by atoms with van der Waals surface area (Å²) in [6.45, 7) is 2.58. The molecule has 1 aromatic carbocycles. The maximum atomic E-state index is 11.7. The van der Waals surface area contributed by atoms with Crippen LogP contribution in [0.25, 0.3) is 0 Å². The van der Waals surface area contributed by atoms with Crippen LogP contribution in [0.1, 0.15) is 17.8 Å². The van der Waals surface area contributed by atoms with E-state index in [4.69, 9.17) is 4.74 Å². The Bertz CT molecular complexity index is 884. The number of sulfone groups is 1. The van der Waals surface area contributed by atoms with Crippen molar-refractivity contribution in [3.8, 4) is 5.75 Å². The Morgan fingerprint density at radius 1 is 1.26 bits per heavy atom. The van der Waals surface area contributed by atoms with Crippen LogP contribution >= 0.6 is 0 Å². The van der Waals surface area contributed by atoms with Gasteiger partial charge in [0, 0.05) is 25.7 Å². The van der Waals surface area contributed by atoms with Gasteiger partial charge >= 0.3 is 0 Å². The van der Waals surface area contributed by atoms with Gasteiger partial charge in [-0.25, -0.2) is 18.4 Å². The zero-order valence-electron chi connectivity index (χ0n) is 16.0. The van der Waals surface area contributed by atoms with E-state index in [1.165, 1.54) is 5.56 Å². The first-order chi connectivity index (χ1) is 12.9. The fraction of sp³-hybridized carbons (Fsp3) is 0.474. The number of nitrogens with zero attached hydrogens (tertiary/aromatic N) is 3. The number of hydrogen-bond donors (Lipinski definition) is 1. The van der Waals surface area contributed by atoms with Gasteiger partial charge in [0.25, 0.3) is 0 Å². The lowest BCUT2D eigenvalue weighted by atomic mass is 10.1. The zero-order chi connectivity index (χ0) is 19.4. The molecule has 1 aromatic heterocycles. The van der Waals surface area contributed by atoms with Crippen LogP contribution < -0.4 is 15.0 Å². The van der Waals surface area contributed by atoms with Crippen molar-refractivity contribution in [3.05, 3.63) is 41.7 Å². The highest BCUT2D eigenvalue weighted by atomic mass is 32.2. The molecule has 1 aliphatic heterocycles. The molecule has 0 saturated carbocycles. The van der Waals surface area contributed by atoms with Crippen LogP contribution in [0.2, 0.25) is 0 Å². The molecule has 0 radical (unpaired) electrons. The molecule has 1 saturated heterocycles. The third-order valence-electron chi connectivity index (χ3n) is 4.82. The zero-order valence-corrected chi connectivity index (χ0v) is 16.8. The summed E-state index contributed by atoms with van der Waals surface area (Å²) in [4.78, 5) is 10.9. The fourth-order valence-electron chi connectivity index (χ4n) is 3.22. The first-order valence-corrected chi connectivity index (χ1v) is 10.8. The fourth-order valence-corrected chi connectivity index (χ4v) is 4.99. The number of anilines is 2. The summed E-state index contributed by atoms with van der Waals surface area (Å²) < 4.78 is 28.7. The van der Waals surface area contributed by atoms with Crippen LogP contribution in [0.3, 0.4) is 0 Å². The minimum absolute atomic E-state index is 0.0311. The van der Waals surface area contributed by atoms with Gasteiger partial charge in [0.2, 0.25) is 0 Å². The number of aromatic nitrogens is 2. The van der Waals surface area contributed by atoms with E-state index in [9.17, 15) is 8.42 Å². The van der Waals surface area contributed by atoms with Crippen molar-refractivity contribution in [1.82, 2.24) is 9.97 Å². The number of hydrogen-bond acceptors (Lipinski definition) is 7. The van der Waals surface area contributed by atoms with Crippen molar-refractivity contribution in [1.29, 1.82) is 0 Å². The van der Waals surface area contributed by atoms with Gasteiger partial charge in [0.05, 0.1) is 18.6 Å². The molecule has 1 aliphatic rings. The molecule has 0 amide bonds. The lowest BCUT2D eigenvalue weighted by Crippen LogP contribution is -2.33. The number of methoxy groups -OCH3 is 1. The molecule has 3 rings (SSSR count). The van der Waals surface area contributed by atoms with Crippen LogP contribution in [0.5, 0.6) is 5.75 Å². The maximum Gasteiger partial charge on any atom is 0.152 e. The molecule has 0 bridgehead atoms. The van der Waals surface area contributed by atoms with Crippen molar-refractivity contribution in [2.45, 2.75) is 25.8 Å². The van der Waals surface area contributed by atoms with Crippen molar-refractivity contribution in [2.24, 2.45) is 0 Å². The normalized spacial score (nSPS) is 18.3. The van der Waals surface area contributed by atoms with E-state index in [-0.39, 0.29) is 17.5 Å². The van der Waals surface area contributed by atoms with Gasteiger partial charge in [0.1, 0.15) is 23.2 Å². The van der Waals surface area contributed by atoms with Gasteiger partial charge in [-0.2, -0.15) is 0 Å². The summed E-state index contributed by atoms with van der Waals surface area (Å²) in [6, 6.07) is 9.85. The van der Waals surface area contributed by atoms with Crippen molar-refractivity contribution in [2.75, 3.05) is 42.4 Å². The Balaban J connectivity index is 1.62. The van der Waals surface area contributed by atoms with Crippen molar-refractivity contribution in [3.63, 3.8) is 0 Å². The molecule has 146 valence electrons. The standard InChI is InChI=1S/C19H26N4O3S/c1-14-21-18(20-10-8-15-4-6-17(26-3)7-5-15)12-19(22-14)23(2)16-9-11-27(24,25)13-16/h4-7,12,16H,8-11,13H2,1-3H3,(H,20,21,22). The molecule has 7 nitrogen and oxygen atoms in total. The molecular weight excluding hydrogens is 364 g/mol. The van der Waals surface area contributed by atoms with Crippen LogP contribution in [0.15, 0.2) is 30.3 Å². The number of nitrogens with one attached hydrogen (secondary N) is 1. The average molecular weight is 391 g/mol. The Labute approximate surface area is 160 Å². The molecule has 0 spiro atoms. The molecule has 0 aliphatic carbocycles. The third kappa shape index (κ3) is 5.09. The summed E-state index contributed by atoms with van der Waals surface area (Å²) in [7, 11) is 0.625. The second-order valence-electron chi connectivity index (χ2n) is 6.85. The first-order valence-electron chi connectivity index (χ1n) is 9.02. The Morgan fingerprint density at radius 3 is 2.63 bits per heavy atom. The largest absolute Gasteiger partial charge is 0.497 e. The van der Waals surface area contributed by atoms with Crippen molar-refractivity contribution >= 4 is 21.5 Å². The molecule has 8 heteroatoms. The maximum absolute atomic E-state index is 11.7. The van der Waals surface area contributed by atoms with Crippen LogP contribution in [0.4, 0.5) is 11.6 Å². The topological polar surface area (TPSA) is 84.4 Å². The summed E-state index contributed by atoms with van der Waals surface area (Å²) in [5.41, 5.74) is 1.21. The molecule has 1 N–H and O–H groups in total. The van der Waals surface area contributed by atoms with Gasteiger partial charge in [-0.3, -0.25) is 0 Å². The van der Waals surface area contributed by atoms with Gasteiger partial charge in [-0.05, 0) is 37.5 Å². The smallest absolute Gasteiger partial charge is 0.152 e. The predicted octanol–water partition coefficient (Wildman–Crippen LogP) is 2.07. The predicted molar refractivity (Wildman–Crippen MR) is 107 cm³/mol. The summed E-state index contributed by atoms with van der Waals surface area (Å²) in [5, 5.41) is 3.34. The van der Waals surface area contributed by atoms with Crippen LogP contribution in [-0.4, -0.2) is 56.6 Å². The Hall–Kier alpha value is -2.35. The van der Waals surface area contributed by atoms with E-state index in [0.29, 0.717) is 12.2 Å². The Kier molecular flexibility index (Phi) is 5.84. The molecular formula is C19H26N4O3S. The molecule has 1 atom stereocenters. The third-order valence-corrected chi connectivity index (χ3v) is 6.57. The SMILES string of the molecule is COc1ccc(CCNc2cc(N(C)C3CCS(=O)(=O)C3)nc(C)n2)cc1. The van der Waals surface area contributed by atoms with Gasteiger partial charge in [-0.15, -0.1) is 0 Å². The first kappa shape index (κ1) is 19.4. The van der Waals surface area contributed by atoms with E-state index < -0.39 is 9.84 Å². The number of rotatable bonds is 7. The minimum atomic E-state index is -2.93. The highest BCUT2D eigenvalue weighted by Crippen LogP contribution is 2.23. The summed E-state index contributed by atoms with van der Waals surface area (Å²) in [5.74, 6) is 3.44. The minimum Gasteiger partial charge on any atom is -0.497 e. The van der Waals surface area contributed by atoms with Crippen molar-refractivity contribution < 1.29 is 13.2 Å². The molecule has 1 unspecified atom stereocenters. The summed E-state index contributed by atoms with van der Waals surface area (Å²) >= 11 is 0. The second-order valence-corrected chi connectivity index (χ2v) is 9.08. The Morgan fingerprint density at radius 2 is 2.00 bits per heavy atom. The highest BCUT2D eigenvalue weighted by Gasteiger charge is 2.31. The lowest BCUT2D eigenvalue weighted by Gasteiger charge is -2.25. The molecule has 1 fully saturated rings. The summed E-state index contributed by atoms with van der Waals surface area (Å²) in [6.07, 6.45) is 1.50. The second kappa shape index (κ2) is 8.12. The molecule has 2 heterocycles. The van der Waals surface area contributed by atoms with Gasteiger partial charge in [0.15, 0.2) is 9.84 Å². The van der Waals surface area contributed by atoms with Crippen LogP contribution in [0, 0.1) is 6.92 Å². The quantitative estimate of drug-likeness (QED) is 0.775. The molecule has 27 heavy (non-hydrogen) atoms. The average Bonchev–Trinajstić information content (AvgIpc) is 3.01.